The molecule has 1 saturated carbocycles. The van der Waals surface area contributed by atoms with Crippen LogP contribution in [0.4, 0.5) is 5.69 Å². The number of hydrogen-bond acceptors (Lipinski definition) is 8. The van der Waals surface area contributed by atoms with Crippen LogP contribution in [0.3, 0.4) is 0 Å². The summed E-state index contributed by atoms with van der Waals surface area (Å²) in [6.45, 7) is 0. The van der Waals surface area contributed by atoms with Crippen molar-refractivity contribution in [2.75, 3.05) is 5.32 Å². The van der Waals surface area contributed by atoms with Crippen LogP contribution in [0.1, 0.15) is 39.6 Å². The van der Waals surface area contributed by atoms with Crippen molar-refractivity contribution in [3.05, 3.63) is 71.3 Å². The minimum Gasteiger partial charge on any atom is -0.320 e. The molecular weight excluding hydrogens is 438 g/mol. The van der Waals surface area contributed by atoms with Gasteiger partial charge in [-0.1, -0.05) is 6.07 Å². The first-order valence-corrected chi connectivity index (χ1v) is 11.0. The van der Waals surface area contributed by atoms with Gasteiger partial charge in [-0.15, -0.1) is 4.80 Å². The summed E-state index contributed by atoms with van der Waals surface area (Å²) in [5, 5.41) is 20.4. The average molecular weight is 453 g/mol. The summed E-state index contributed by atoms with van der Waals surface area (Å²) in [4.78, 5) is 23.7. The van der Waals surface area contributed by atoms with Gasteiger partial charge in [-0.25, -0.2) is 9.97 Å². The molecule has 1 aliphatic carbocycles. The molecule has 1 aliphatic rings. The molecule has 5 aromatic heterocycles. The summed E-state index contributed by atoms with van der Waals surface area (Å²) in [6.07, 6.45) is 10.2. The standard InChI is InChI=1S/C22H15N9OS/c23-11-14-10-15(12-25-21(14)31-26-6-7-27-31)28-22(32)20-18(13-4-5-13)19(29-33-20)16-2-1-3-17-24-8-9-30(16)17/h1-3,6-10,12-13H,4-5H2,(H,28,32). The highest BCUT2D eigenvalue weighted by atomic mass is 32.1. The molecule has 0 aliphatic heterocycles. The quantitative estimate of drug-likeness (QED) is 0.432. The Hall–Kier alpha value is -4.43. The third-order valence-corrected chi connectivity index (χ3v) is 6.31. The van der Waals surface area contributed by atoms with Crippen molar-refractivity contribution < 1.29 is 4.79 Å². The van der Waals surface area contributed by atoms with Gasteiger partial charge in [-0.05, 0) is 48.5 Å². The van der Waals surface area contributed by atoms with Gasteiger partial charge in [0.1, 0.15) is 27.9 Å². The third-order valence-electron chi connectivity index (χ3n) is 5.44. The normalized spacial score (nSPS) is 13.2. The maximum Gasteiger partial charge on any atom is 0.267 e. The molecule has 1 amide bonds. The summed E-state index contributed by atoms with van der Waals surface area (Å²) in [5.74, 6) is 0.334. The maximum absolute atomic E-state index is 13.2. The highest BCUT2D eigenvalue weighted by molar-refractivity contribution is 7.08. The van der Waals surface area contributed by atoms with Crippen LogP contribution >= 0.6 is 11.5 Å². The Morgan fingerprint density at radius 1 is 1.18 bits per heavy atom. The molecule has 11 heteroatoms. The Morgan fingerprint density at radius 3 is 2.82 bits per heavy atom. The van der Waals surface area contributed by atoms with E-state index in [0.717, 1.165) is 35.4 Å². The number of anilines is 1. The van der Waals surface area contributed by atoms with Gasteiger partial charge in [0.05, 0.1) is 30.0 Å². The zero-order valence-electron chi connectivity index (χ0n) is 17.1. The molecular formula is C22H15N9OS. The van der Waals surface area contributed by atoms with E-state index in [-0.39, 0.29) is 11.5 Å². The number of amides is 1. The minimum absolute atomic E-state index is 0.253. The smallest absolute Gasteiger partial charge is 0.267 e. The van der Waals surface area contributed by atoms with E-state index in [9.17, 15) is 10.1 Å². The fraction of sp³-hybridized carbons (Fsp3) is 0.136. The average Bonchev–Trinajstić information content (AvgIpc) is 3.25. The van der Waals surface area contributed by atoms with Crippen LogP contribution in [-0.4, -0.2) is 39.6 Å². The molecule has 6 rings (SSSR count). The number of carbonyl (C=O) groups excluding carboxylic acids is 1. The highest BCUT2D eigenvalue weighted by Crippen LogP contribution is 2.47. The fourth-order valence-electron chi connectivity index (χ4n) is 3.82. The number of hydrogen-bond donors (Lipinski definition) is 1. The van der Waals surface area contributed by atoms with Crippen molar-refractivity contribution in [2.24, 2.45) is 0 Å². The van der Waals surface area contributed by atoms with E-state index in [0.29, 0.717) is 22.3 Å². The fourth-order valence-corrected chi connectivity index (χ4v) is 4.69. The second-order valence-corrected chi connectivity index (χ2v) is 8.37. The zero-order valence-corrected chi connectivity index (χ0v) is 17.9. The molecule has 1 fully saturated rings. The van der Waals surface area contributed by atoms with Crippen LogP contribution in [0, 0.1) is 11.3 Å². The molecule has 33 heavy (non-hydrogen) atoms. The summed E-state index contributed by atoms with van der Waals surface area (Å²) in [6, 6.07) is 9.51. The van der Waals surface area contributed by atoms with Gasteiger partial charge < -0.3 is 5.32 Å². The van der Waals surface area contributed by atoms with Crippen molar-refractivity contribution in [1.29, 1.82) is 5.26 Å². The number of imidazole rings is 1. The molecule has 0 saturated heterocycles. The van der Waals surface area contributed by atoms with Crippen LogP contribution < -0.4 is 5.32 Å². The molecule has 0 unspecified atom stereocenters. The number of carbonyl (C=O) groups is 1. The molecule has 0 radical (unpaired) electrons. The maximum atomic E-state index is 13.2. The second kappa shape index (κ2) is 7.61. The minimum atomic E-state index is -0.269. The number of nitrogens with one attached hydrogen (secondary N) is 1. The zero-order chi connectivity index (χ0) is 22.4. The summed E-state index contributed by atoms with van der Waals surface area (Å²) >= 11 is 1.18. The van der Waals surface area contributed by atoms with Crippen LogP contribution in [0.2, 0.25) is 0 Å². The number of nitriles is 1. The molecule has 0 aromatic carbocycles. The van der Waals surface area contributed by atoms with Crippen molar-refractivity contribution in [3.8, 4) is 23.3 Å². The first kappa shape index (κ1) is 19.3. The third kappa shape index (κ3) is 3.33. The van der Waals surface area contributed by atoms with Gasteiger partial charge >= 0.3 is 0 Å². The van der Waals surface area contributed by atoms with Crippen LogP contribution in [0.15, 0.2) is 55.2 Å². The van der Waals surface area contributed by atoms with Crippen molar-refractivity contribution >= 4 is 28.8 Å². The first-order chi connectivity index (χ1) is 16.2. The van der Waals surface area contributed by atoms with Gasteiger partial charge in [0.25, 0.3) is 5.91 Å². The number of aromatic nitrogens is 7. The lowest BCUT2D eigenvalue weighted by molar-refractivity contribution is 0.102. The number of nitrogens with zero attached hydrogens (tertiary/aromatic N) is 8. The Labute approximate surface area is 191 Å². The van der Waals surface area contributed by atoms with E-state index in [4.69, 9.17) is 0 Å². The van der Waals surface area contributed by atoms with E-state index < -0.39 is 0 Å². The lowest BCUT2D eigenvalue weighted by atomic mass is 10.1. The Kier molecular flexibility index (Phi) is 4.44. The molecule has 5 aromatic rings. The largest absolute Gasteiger partial charge is 0.320 e. The summed E-state index contributed by atoms with van der Waals surface area (Å²) < 4.78 is 6.65. The Morgan fingerprint density at radius 2 is 2.03 bits per heavy atom. The predicted octanol–water partition coefficient (Wildman–Crippen LogP) is 3.43. The van der Waals surface area contributed by atoms with Crippen molar-refractivity contribution in [3.63, 3.8) is 0 Å². The molecule has 0 bridgehead atoms. The first-order valence-electron chi connectivity index (χ1n) is 10.2. The van der Waals surface area contributed by atoms with Gasteiger partial charge in [0.15, 0.2) is 5.82 Å². The lowest BCUT2D eigenvalue weighted by Gasteiger charge is -2.09. The SMILES string of the molecule is N#Cc1cc(NC(=O)c2snc(-c3cccc4nccn34)c2C2CC2)cnc1-n1nccn1. The molecule has 160 valence electrons. The summed E-state index contributed by atoms with van der Waals surface area (Å²) in [5.41, 5.74) is 4.18. The monoisotopic (exact) mass is 453 g/mol. The lowest BCUT2D eigenvalue weighted by Crippen LogP contribution is -2.13. The second-order valence-electron chi connectivity index (χ2n) is 7.59. The van der Waals surface area contributed by atoms with Gasteiger partial charge in [0.2, 0.25) is 0 Å². The Bertz CT molecular complexity index is 1540. The van der Waals surface area contributed by atoms with Crippen molar-refractivity contribution in [2.45, 2.75) is 18.8 Å². The van der Waals surface area contributed by atoms with Crippen LogP contribution in [-0.2, 0) is 0 Å². The topological polar surface area (TPSA) is 127 Å². The molecule has 1 N–H and O–H groups in total. The molecule has 5 heterocycles. The molecule has 0 atom stereocenters. The predicted molar refractivity (Wildman–Crippen MR) is 120 cm³/mol. The number of fused-ring (bicyclic) bond motifs is 1. The van der Waals surface area contributed by atoms with E-state index in [1.165, 1.54) is 34.9 Å². The van der Waals surface area contributed by atoms with Gasteiger partial charge in [-0.2, -0.15) is 19.8 Å². The van der Waals surface area contributed by atoms with E-state index >= 15 is 0 Å². The van der Waals surface area contributed by atoms with E-state index in [2.05, 4.69) is 35.9 Å². The van der Waals surface area contributed by atoms with Crippen LogP contribution in [0.25, 0.3) is 22.9 Å². The van der Waals surface area contributed by atoms with Gasteiger partial charge in [0, 0.05) is 18.0 Å². The number of pyridine rings is 2. The van der Waals surface area contributed by atoms with E-state index in [1.807, 2.05) is 28.8 Å². The van der Waals surface area contributed by atoms with Crippen LogP contribution in [0.5, 0.6) is 0 Å². The Balaban J connectivity index is 1.35. The highest BCUT2D eigenvalue weighted by Gasteiger charge is 2.34. The molecule has 0 spiro atoms. The molecule has 10 nitrogen and oxygen atoms in total. The number of rotatable bonds is 5. The van der Waals surface area contributed by atoms with E-state index in [1.54, 1.807) is 12.3 Å². The van der Waals surface area contributed by atoms with Crippen molar-refractivity contribution in [1.82, 2.24) is 33.7 Å². The van der Waals surface area contributed by atoms with Gasteiger partial charge in [-0.3, -0.25) is 9.20 Å². The summed E-state index contributed by atoms with van der Waals surface area (Å²) in [7, 11) is 0.